The molecule has 25 heavy (non-hydrogen) atoms. The molecule has 0 bridgehead atoms. The van der Waals surface area contributed by atoms with Gasteiger partial charge in [-0.25, -0.2) is 4.79 Å². The van der Waals surface area contributed by atoms with Gasteiger partial charge in [0.25, 0.3) is 0 Å². The molecule has 138 valence electrons. The molecule has 1 atom stereocenters. The minimum atomic E-state index is -0.216. The maximum atomic E-state index is 12.1. The zero-order valence-corrected chi connectivity index (χ0v) is 15.7. The molecule has 1 unspecified atom stereocenters. The van der Waals surface area contributed by atoms with Crippen molar-refractivity contribution in [2.45, 2.75) is 40.2 Å². The molecule has 0 aliphatic rings. The van der Waals surface area contributed by atoms with Crippen molar-refractivity contribution in [1.82, 2.24) is 10.2 Å². The summed E-state index contributed by atoms with van der Waals surface area (Å²) in [5, 5.41) is 14.3. The minimum absolute atomic E-state index is 0.00978. The molecule has 0 saturated carbocycles. The molecule has 6 heteroatoms. The lowest BCUT2D eigenvalue weighted by atomic mass is 10.0. The van der Waals surface area contributed by atoms with Crippen LogP contribution in [0.1, 0.15) is 34.1 Å². The van der Waals surface area contributed by atoms with Crippen LogP contribution in [0.4, 0.5) is 10.5 Å². The molecule has 1 aromatic rings. The molecule has 2 amide bonds. The number of amides is 2. The van der Waals surface area contributed by atoms with Crippen LogP contribution in [0.15, 0.2) is 24.3 Å². The Morgan fingerprint density at radius 2 is 1.88 bits per heavy atom. The molecule has 0 spiro atoms. The predicted octanol–water partition coefficient (Wildman–Crippen LogP) is 3.47. The molecule has 0 aliphatic heterocycles. The first kappa shape index (κ1) is 20.8. The number of nitrogens with one attached hydrogen (secondary N) is 2. The van der Waals surface area contributed by atoms with Gasteiger partial charge in [0.1, 0.15) is 11.8 Å². The highest BCUT2D eigenvalue weighted by Gasteiger charge is 2.18. The van der Waals surface area contributed by atoms with Crippen LogP contribution in [0.3, 0.4) is 0 Å². The molecule has 2 N–H and O–H groups in total. The Labute approximate surface area is 151 Å². The van der Waals surface area contributed by atoms with Crippen LogP contribution in [-0.2, 0) is 0 Å². The van der Waals surface area contributed by atoms with Crippen LogP contribution in [-0.4, -0.2) is 43.2 Å². The summed E-state index contributed by atoms with van der Waals surface area (Å²) in [6.45, 7) is 11.3. The van der Waals surface area contributed by atoms with Gasteiger partial charge >= 0.3 is 6.03 Å². The number of benzene rings is 1. The summed E-state index contributed by atoms with van der Waals surface area (Å²) in [4.78, 5) is 14.5. The number of anilines is 1. The van der Waals surface area contributed by atoms with Crippen LogP contribution < -0.4 is 15.4 Å². The van der Waals surface area contributed by atoms with Crippen molar-refractivity contribution in [3.05, 3.63) is 24.3 Å². The summed E-state index contributed by atoms with van der Waals surface area (Å²) in [6.07, 6.45) is 1.05. The normalized spacial score (nSPS) is 11.9. The van der Waals surface area contributed by atoms with E-state index in [1.165, 1.54) is 0 Å². The Kier molecular flexibility index (Phi) is 9.41. The quantitative estimate of drug-likeness (QED) is 0.680. The van der Waals surface area contributed by atoms with Gasteiger partial charge in [-0.15, -0.1) is 0 Å². The van der Waals surface area contributed by atoms with E-state index in [0.29, 0.717) is 29.9 Å². The van der Waals surface area contributed by atoms with Crippen LogP contribution in [0, 0.1) is 17.2 Å². The summed E-state index contributed by atoms with van der Waals surface area (Å²) in [6, 6.07) is 8.99. The number of ether oxygens (including phenoxy) is 1. The van der Waals surface area contributed by atoms with E-state index in [2.05, 4.69) is 43.2 Å². The van der Waals surface area contributed by atoms with E-state index in [1.54, 1.807) is 24.3 Å². The lowest BCUT2D eigenvalue weighted by molar-refractivity contribution is 0.186. The fourth-order valence-electron chi connectivity index (χ4n) is 2.78. The fourth-order valence-corrected chi connectivity index (χ4v) is 2.78. The maximum Gasteiger partial charge on any atom is 0.319 e. The van der Waals surface area contributed by atoms with Crippen molar-refractivity contribution in [2.75, 3.05) is 31.6 Å². The van der Waals surface area contributed by atoms with Crippen molar-refractivity contribution < 1.29 is 9.53 Å². The smallest absolute Gasteiger partial charge is 0.319 e. The van der Waals surface area contributed by atoms with Gasteiger partial charge < -0.3 is 15.4 Å². The average Bonchev–Trinajstić information content (AvgIpc) is 2.59. The highest BCUT2D eigenvalue weighted by molar-refractivity contribution is 5.89. The predicted molar refractivity (Wildman–Crippen MR) is 101 cm³/mol. The second-order valence-corrected chi connectivity index (χ2v) is 6.31. The van der Waals surface area contributed by atoms with E-state index < -0.39 is 0 Å². The Balaban J connectivity index is 2.52. The summed E-state index contributed by atoms with van der Waals surface area (Å²) < 4.78 is 5.19. The molecule has 0 fully saturated rings. The Morgan fingerprint density at radius 3 is 2.40 bits per heavy atom. The van der Waals surface area contributed by atoms with Gasteiger partial charge in [0.15, 0.2) is 6.61 Å². The first-order chi connectivity index (χ1) is 12.0. The van der Waals surface area contributed by atoms with E-state index in [4.69, 9.17) is 10.00 Å². The standard InChI is InChI=1S/C19H30N4O2/c1-5-23(6-2)17(13-15(3)4)14-21-19(24)22-16-7-9-18(10-8-16)25-12-11-20/h7-10,15,17H,5-6,12-14H2,1-4H3,(H2,21,22,24). The number of nitrogens with zero attached hydrogens (tertiary/aromatic N) is 2. The van der Waals surface area contributed by atoms with E-state index >= 15 is 0 Å². The molecule has 0 aromatic heterocycles. The number of hydrogen-bond acceptors (Lipinski definition) is 4. The molecule has 0 aliphatic carbocycles. The maximum absolute atomic E-state index is 12.1. The summed E-state index contributed by atoms with van der Waals surface area (Å²) in [7, 11) is 0. The molecule has 6 nitrogen and oxygen atoms in total. The number of likely N-dealkylation sites (N-methyl/N-ethyl adjacent to an activating group) is 1. The van der Waals surface area contributed by atoms with Gasteiger partial charge in [-0.05, 0) is 49.7 Å². The number of carbonyl (C=O) groups is 1. The van der Waals surface area contributed by atoms with Gasteiger partial charge in [0.05, 0.1) is 0 Å². The van der Waals surface area contributed by atoms with E-state index in [1.807, 2.05) is 6.07 Å². The molecule has 0 heterocycles. The number of hydrogen-bond donors (Lipinski definition) is 2. The minimum Gasteiger partial charge on any atom is -0.479 e. The van der Waals surface area contributed by atoms with Gasteiger partial charge in [-0.2, -0.15) is 5.26 Å². The van der Waals surface area contributed by atoms with E-state index in [0.717, 1.165) is 19.5 Å². The topological polar surface area (TPSA) is 77.4 Å². The largest absolute Gasteiger partial charge is 0.479 e. The van der Waals surface area contributed by atoms with Crippen LogP contribution in [0.5, 0.6) is 5.75 Å². The number of nitriles is 1. The SMILES string of the molecule is CCN(CC)C(CNC(=O)Nc1ccc(OCC#N)cc1)CC(C)C. The monoisotopic (exact) mass is 346 g/mol. The first-order valence-electron chi connectivity index (χ1n) is 8.88. The Hall–Kier alpha value is -2.26. The third-order valence-corrected chi connectivity index (χ3v) is 3.99. The van der Waals surface area contributed by atoms with Crippen molar-refractivity contribution in [1.29, 1.82) is 5.26 Å². The fraction of sp³-hybridized carbons (Fsp3) is 0.579. The number of carbonyl (C=O) groups excluding carboxylic acids is 1. The average molecular weight is 346 g/mol. The van der Waals surface area contributed by atoms with Gasteiger partial charge in [0, 0.05) is 18.3 Å². The van der Waals surface area contributed by atoms with Crippen LogP contribution in [0.2, 0.25) is 0 Å². The molecule has 1 rings (SSSR count). The first-order valence-corrected chi connectivity index (χ1v) is 8.88. The summed E-state index contributed by atoms with van der Waals surface area (Å²) >= 11 is 0. The lowest BCUT2D eigenvalue weighted by Gasteiger charge is -2.31. The van der Waals surface area contributed by atoms with Crippen molar-refractivity contribution in [3.8, 4) is 11.8 Å². The molecular weight excluding hydrogens is 316 g/mol. The van der Waals surface area contributed by atoms with Crippen molar-refractivity contribution >= 4 is 11.7 Å². The molecular formula is C19H30N4O2. The van der Waals surface area contributed by atoms with Crippen LogP contribution >= 0.6 is 0 Å². The van der Waals surface area contributed by atoms with Crippen molar-refractivity contribution in [2.24, 2.45) is 5.92 Å². The summed E-state index contributed by atoms with van der Waals surface area (Å²) in [5.74, 6) is 1.18. The van der Waals surface area contributed by atoms with Gasteiger partial charge in [0.2, 0.25) is 0 Å². The lowest BCUT2D eigenvalue weighted by Crippen LogP contribution is -2.45. The van der Waals surface area contributed by atoms with Crippen LogP contribution in [0.25, 0.3) is 0 Å². The highest BCUT2D eigenvalue weighted by atomic mass is 16.5. The van der Waals surface area contributed by atoms with E-state index in [9.17, 15) is 4.79 Å². The molecule has 0 radical (unpaired) electrons. The highest BCUT2D eigenvalue weighted by Crippen LogP contribution is 2.15. The third-order valence-electron chi connectivity index (χ3n) is 3.99. The van der Waals surface area contributed by atoms with Gasteiger partial charge in [-0.1, -0.05) is 27.7 Å². The summed E-state index contributed by atoms with van der Waals surface area (Å²) in [5.41, 5.74) is 0.685. The van der Waals surface area contributed by atoms with Crippen molar-refractivity contribution in [3.63, 3.8) is 0 Å². The second kappa shape index (κ2) is 11.3. The number of rotatable bonds is 10. The molecule has 1 aromatic carbocycles. The zero-order valence-electron chi connectivity index (χ0n) is 15.7. The zero-order chi connectivity index (χ0) is 18.7. The number of urea groups is 1. The Morgan fingerprint density at radius 1 is 1.24 bits per heavy atom. The second-order valence-electron chi connectivity index (χ2n) is 6.31. The van der Waals surface area contributed by atoms with E-state index in [-0.39, 0.29) is 12.6 Å². The molecule has 0 saturated heterocycles. The van der Waals surface area contributed by atoms with Gasteiger partial charge in [-0.3, -0.25) is 4.90 Å². The third kappa shape index (κ3) is 7.90. The Bertz CT molecular complexity index is 548.